The predicted octanol–water partition coefficient (Wildman–Crippen LogP) is 2.63. The Morgan fingerprint density at radius 2 is 1.75 bits per heavy atom. The molecule has 0 aliphatic carbocycles. The van der Waals surface area contributed by atoms with Crippen LogP contribution in [0.2, 0.25) is 0 Å². The molecule has 2 heterocycles. The van der Waals surface area contributed by atoms with Gasteiger partial charge in [-0.3, -0.25) is 4.79 Å². The summed E-state index contributed by atoms with van der Waals surface area (Å²) < 4.78 is 36.9. The standard InChI is InChI=1S/C22H26N2O7S/c1-4-30-22(27)19-14(2)20(23-15(19)3)18(25)13-31-21(26)16-8-7-9-17(12-16)32(28,29)24-10-5-6-11-24/h7-9,12,23H,4-6,10-11,13H2,1-3H3. The first-order valence-corrected chi connectivity index (χ1v) is 11.8. The van der Waals surface area contributed by atoms with Crippen LogP contribution >= 0.6 is 0 Å². The van der Waals surface area contributed by atoms with Gasteiger partial charge >= 0.3 is 11.9 Å². The fourth-order valence-corrected chi connectivity index (χ4v) is 5.25. The Balaban J connectivity index is 1.71. The molecular formula is C22H26N2O7S. The van der Waals surface area contributed by atoms with Crippen molar-refractivity contribution in [3.63, 3.8) is 0 Å². The number of carbonyl (C=O) groups excluding carboxylic acids is 3. The van der Waals surface area contributed by atoms with Crippen molar-refractivity contribution in [1.29, 1.82) is 0 Å². The fraction of sp³-hybridized carbons (Fsp3) is 0.409. The molecule has 1 aromatic carbocycles. The number of esters is 2. The molecule has 0 amide bonds. The zero-order chi connectivity index (χ0) is 23.5. The van der Waals surface area contributed by atoms with E-state index < -0.39 is 34.4 Å². The van der Waals surface area contributed by atoms with Gasteiger partial charge in [-0.05, 0) is 57.4 Å². The molecule has 32 heavy (non-hydrogen) atoms. The SMILES string of the molecule is CCOC(=O)c1c(C)[nH]c(C(=O)COC(=O)c2cccc(S(=O)(=O)N3CCCC3)c2)c1C. The first-order valence-electron chi connectivity index (χ1n) is 10.3. The van der Waals surface area contributed by atoms with Crippen molar-refractivity contribution in [3.05, 3.63) is 52.3 Å². The number of hydrogen-bond acceptors (Lipinski definition) is 7. The second-order valence-electron chi connectivity index (χ2n) is 7.48. The summed E-state index contributed by atoms with van der Waals surface area (Å²) in [5.41, 5.74) is 1.37. The molecule has 0 saturated carbocycles. The summed E-state index contributed by atoms with van der Waals surface area (Å²) in [7, 11) is -3.68. The number of benzene rings is 1. The van der Waals surface area contributed by atoms with Gasteiger partial charge in [0.2, 0.25) is 15.8 Å². The smallest absolute Gasteiger partial charge is 0.340 e. The maximum atomic E-state index is 12.7. The van der Waals surface area contributed by atoms with Crippen molar-refractivity contribution in [2.45, 2.75) is 38.5 Å². The molecule has 0 atom stereocenters. The molecule has 3 rings (SSSR count). The van der Waals surface area contributed by atoms with Crippen molar-refractivity contribution in [2.24, 2.45) is 0 Å². The summed E-state index contributed by atoms with van der Waals surface area (Å²) in [6.45, 7) is 5.49. The van der Waals surface area contributed by atoms with Gasteiger partial charge in [-0.1, -0.05) is 6.07 Å². The topological polar surface area (TPSA) is 123 Å². The van der Waals surface area contributed by atoms with Crippen molar-refractivity contribution in [1.82, 2.24) is 9.29 Å². The van der Waals surface area contributed by atoms with Gasteiger partial charge in [-0.2, -0.15) is 4.31 Å². The number of sulfonamides is 1. The van der Waals surface area contributed by atoms with E-state index in [0.29, 0.717) is 24.3 Å². The molecule has 1 aliphatic heterocycles. The Morgan fingerprint density at radius 3 is 2.41 bits per heavy atom. The molecular weight excluding hydrogens is 436 g/mol. The third-order valence-corrected chi connectivity index (χ3v) is 7.20. The number of hydrogen-bond donors (Lipinski definition) is 1. The number of aromatic amines is 1. The number of rotatable bonds is 8. The lowest BCUT2D eigenvalue weighted by Crippen LogP contribution is -2.28. The maximum Gasteiger partial charge on any atom is 0.340 e. The van der Waals surface area contributed by atoms with Crippen LogP contribution < -0.4 is 0 Å². The summed E-state index contributed by atoms with van der Waals surface area (Å²) in [6.07, 6.45) is 1.61. The van der Waals surface area contributed by atoms with E-state index in [1.807, 2.05) is 0 Å². The second-order valence-corrected chi connectivity index (χ2v) is 9.42. The van der Waals surface area contributed by atoms with E-state index in [1.165, 1.54) is 28.6 Å². The molecule has 1 saturated heterocycles. The van der Waals surface area contributed by atoms with E-state index in [9.17, 15) is 22.8 Å². The lowest BCUT2D eigenvalue weighted by Gasteiger charge is -2.15. The molecule has 0 spiro atoms. The second kappa shape index (κ2) is 9.66. The minimum atomic E-state index is -3.68. The van der Waals surface area contributed by atoms with Gasteiger partial charge in [-0.15, -0.1) is 0 Å². The first kappa shape index (κ1) is 23.7. The average Bonchev–Trinajstić information content (AvgIpc) is 3.41. The molecule has 0 bridgehead atoms. The normalized spacial score (nSPS) is 14.3. The van der Waals surface area contributed by atoms with Gasteiger partial charge in [-0.25, -0.2) is 18.0 Å². The number of ether oxygens (including phenoxy) is 2. The van der Waals surface area contributed by atoms with Gasteiger partial charge in [0.25, 0.3) is 0 Å². The first-order chi connectivity index (χ1) is 15.2. The highest BCUT2D eigenvalue weighted by Crippen LogP contribution is 2.22. The zero-order valence-corrected chi connectivity index (χ0v) is 19.1. The number of carbonyl (C=O) groups is 3. The highest BCUT2D eigenvalue weighted by molar-refractivity contribution is 7.89. The van der Waals surface area contributed by atoms with Crippen molar-refractivity contribution in [3.8, 4) is 0 Å². The van der Waals surface area contributed by atoms with Crippen LogP contribution in [0.15, 0.2) is 29.2 Å². The van der Waals surface area contributed by atoms with Crippen molar-refractivity contribution in [2.75, 3.05) is 26.3 Å². The molecule has 1 aromatic heterocycles. The molecule has 9 nitrogen and oxygen atoms in total. The fourth-order valence-electron chi connectivity index (χ4n) is 3.69. The Labute approximate surface area is 186 Å². The minimum absolute atomic E-state index is 0.00934. The monoisotopic (exact) mass is 462 g/mol. The van der Waals surface area contributed by atoms with Crippen LogP contribution in [0.1, 0.15) is 62.2 Å². The number of ketones is 1. The van der Waals surface area contributed by atoms with Crippen LogP contribution in [0.25, 0.3) is 0 Å². The number of nitrogens with zero attached hydrogens (tertiary/aromatic N) is 1. The summed E-state index contributed by atoms with van der Waals surface area (Å²) in [5.74, 6) is -1.87. The Morgan fingerprint density at radius 1 is 1.06 bits per heavy atom. The van der Waals surface area contributed by atoms with E-state index in [4.69, 9.17) is 9.47 Å². The summed E-state index contributed by atoms with van der Waals surface area (Å²) >= 11 is 0. The largest absolute Gasteiger partial charge is 0.462 e. The van der Waals surface area contributed by atoms with Crippen LogP contribution in [-0.2, 0) is 19.5 Å². The van der Waals surface area contributed by atoms with Crippen LogP contribution in [0.5, 0.6) is 0 Å². The van der Waals surface area contributed by atoms with E-state index in [1.54, 1.807) is 20.8 Å². The number of nitrogens with one attached hydrogen (secondary N) is 1. The highest BCUT2D eigenvalue weighted by atomic mass is 32.2. The van der Waals surface area contributed by atoms with Crippen LogP contribution in [-0.4, -0.2) is 61.7 Å². The van der Waals surface area contributed by atoms with Crippen molar-refractivity contribution >= 4 is 27.7 Å². The van der Waals surface area contributed by atoms with Crippen LogP contribution in [0.3, 0.4) is 0 Å². The third-order valence-electron chi connectivity index (χ3n) is 5.30. The van der Waals surface area contributed by atoms with E-state index in [2.05, 4.69) is 4.98 Å². The Bertz CT molecular complexity index is 1150. The Kier molecular flexibility index (Phi) is 7.15. The molecule has 0 unspecified atom stereocenters. The van der Waals surface area contributed by atoms with E-state index >= 15 is 0 Å². The maximum absolute atomic E-state index is 12.7. The minimum Gasteiger partial charge on any atom is -0.462 e. The number of aromatic nitrogens is 1. The molecule has 1 N–H and O–H groups in total. The Hall–Kier alpha value is -2.98. The lowest BCUT2D eigenvalue weighted by molar-refractivity contribution is 0.0472. The number of H-pyrrole nitrogens is 1. The molecule has 172 valence electrons. The number of Topliss-reactive ketones (excluding diaryl/α,β-unsaturated/α-hetero) is 1. The predicted molar refractivity (Wildman–Crippen MR) is 115 cm³/mol. The lowest BCUT2D eigenvalue weighted by atomic mass is 10.1. The summed E-state index contributed by atoms with van der Waals surface area (Å²) in [5, 5.41) is 0. The zero-order valence-electron chi connectivity index (χ0n) is 18.3. The van der Waals surface area contributed by atoms with Gasteiger partial charge < -0.3 is 14.5 Å². The summed E-state index contributed by atoms with van der Waals surface area (Å²) in [6, 6.07) is 5.57. The summed E-state index contributed by atoms with van der Waals surface area (Å²) in [4.78, 5) is 40.0. The van der Waals surface area contributed by atoms with Crippen molar-refractivity contribution < 1.29 is 32.3 Å². The molecule has 10 heteroatoms. The third kappa shape index (κ3) is 4.76. The molecule has 0 radical (unpaired) electrons. The quantitative estimate of drug-likeness (QED) is 0.472. The van der Waals surface area contributed by atoms with E-state index in [0.717, 1.165) is 12.8 Å². The van der Waals surface area contributed by atoms with Crippen LogP contribution in [0, 0.1) is 13.8 Å². The van der Waals surface area contributed by atoms with Gasteiger partial charge in [0.1, 0.15) is 0 Å². The van der Waals surface area contributed by atoms with Gasteiger partial charge in [0.05, 0.1) is 28.3 Å². The van der Waals surface area contributed by atoms with E-state index in [-0.39, 0.29) is 28.3 Å². The molecule has 2 aromatic rings. The van der Waals surface area contributed by atoms with Gasteiger partial charge in [0.15, 0.2) is 6.61 Å². The molecule has 1 aliphatic rings. The number of aryl methyl sites for hydroxylation is 1. The molecule has 1 fully saturated rings. The average molecular weight is 463 g/mol. The van der Waals surface area contributed by atoms with Crippen LogP contribution in [0.4, 0.5) is 0 Å². The van der Waals surface area contributed by atoms with Gasteiger partial charge in [0, 0.05) is 18.8 Å². The highest BCUT2D eigenvalue weighted by Gasteiger charge is 2.28.